The van der Waals surface area contributed by atoms with Gasteiger partial charge in [0.2, 0.25) is 5.82 Å². The standard InChI is InChI=1S/C17H12N4O3/c1-22-13-4-2-12(3-5-13)16-19-17(24-21-16)14-10-15(23-20-14)11-6-8-18-9-7-11/h2-10H,1H3. The van der Waals surface area contributed by atoms with E-state index in [-0.39, 0.29) is 0 Å². The molecule has 3 heterocycles. The smallest absolute Gasteiger partial charge is 0.280 e. The van der Waals surface area contributed by atoms with Crippen molar-refractivity contribution in [3.05, 3.63) is 54.9 Å². The van der Waals surface area contributed by atoms with Crippen molar-refractivity contribution in [2.75, 3.05) is 7.11 Å². The number of hydrogen-bond acceptors (Lipinski definition) is 7. The molecule has 1 aromatic carbocycles. The van der Waals surface area contributed by atoms with Crippen LogP contribution in [-0.4, -0.2) is 27.4 Å². The molecule has 0 aliphatic heterocycles. The van der Waals surface area contributed by atoms with Gasteiger partial charge in [-0.25, -0.2) is 0 Å². The Bertz CT molecular complexity index is 945. The lowest BCUT2D eigenvalue weighted by atomic mass is 10.2. The SMILES string of the molecule is COc1ccc(-c2noc(-c3cc(-c4ccncc4)on3)n2)cc1. The van der Waals surface area contributed by atoms with Crippen LogP contribution in [0.15, 0.2) is 63.9 Å². The minimum atomic E-state index is 0.296. The van der Waals surface area contributed by atoms with Crippen LogP contribution in [0.25, 0.3) is 34.3 Å². The molecule has 4 aromatic rings. The minimum absolute atomic E-state index is 0.296. The lowest BCUT2D eigenvalue weighted by Gasteiger charge is -1.98. The second-order valence-electron chi connectivity index (χ2n) is 4.96. The van der Waals surface area contributed by atoms with Crippen molar-refractivity contribution < 1.29 is 13.8 Å². The molecule has 7 heteroatoms. The number of hydrogen-bond donors (Lipinski definition) is 0. The van der Waals surface area contributed by atoms with E-state index in [4.69, 9.17) is 13.8 Å². The van der Waals surface area contributed by atoms with Crippen LogP contribution in [-0.2, 0) is 0 Å². The molecule has 0 N–H and O–H groups in total. The number of benzene rings is 1. The molecule has 0 unspecified atom stereocenters. The minimum Gasteiger partial charge on any atom is -0.497 e. The Hall–Kier alpha value is -3.48. The second kappa shape index (κ2) is 5.96. The van der Waals surface area contributed by atoms with E-state index in [2.05, 4.69) is 20.3 Å². The molecule has 0 radical (unpaired) electrons. The van der Waals surface area contributed by atoms with Gasteiger partial charge in [-0.15, -0.1) is 0 Å². The summed E-state index contributed by atoms with van der Waals surface area (Å²) in [5.41, 5.74) is 2.18. The largest absolute Gasteiger partial charge is 0.497 e. The second-order valence-corrected chi connectivity index (χ2v) is 4.96. The van der Waals surface area contributed by atoms with Crippen molar-refractivity contribution in [3.63, 3.8) is 0 Å². The van der Waals surface area contributed by atoms with Gasteiger partial charge in [0.05, 0.1) is 7.11 Å². The molecule has 4 rings (SSSR count). The summed E-state index contributed by atoms with van der Waals surface area (Å²) in [4.78, 5) is 8.33. The lowest BCUT2D eigenvalue weighted by molar-refractivity contribution is 0.411. The lowest BCUT2D eigenvalue weighted by Crippen LogP contribution is -1.84. The van der Waals surface area contributed by atoms with E-state index in [9.17, 15) is 0 Å². The molecule has 0 bridgehead atoms. The van der Waals surface area contributed by atoms with Gasteiger partial charge in [-0.2, -0.15) is 4.98 Å². The Morgan fingerprint density at radius 3 is 2.42 bits per heavy atom. The topological polar surface area (TPSA) is 87.1 Å². The first kappa shape index (κ1) is 14.1. The fourth-order valence-electron chi connectivity index (χ4n) is 2.21. The third-order valence-corrected chi connectivity index (χ3v) is 3.47. The van der Waals surface area contributed by atoms with E-state index in [1.807, 2.05) is 36.4 Å². The highest BCUT2D eigenvalue weighted by Crippen LogP contribution is 2.26. The molecule has 0 atom stereocenters. The maximum absolute atomic E-state index is 5.33. The Balaban J connectivity index is 1.62. The number of aromatic nitrogens is 4. The summed E-state index contributed by atoms with van der Waals surface area (Å²) in [6.07, 6.45) is 3.37. The van der Waals surface area contributed by atoms with E-state index in [0.29, 0.717) is 23.2 Å². The Morgan fingerprint density at radius 2 is 1.67 bits per heavy atom. The third-order valence-electron chi connectivity index (χ3n) is 3.47. The summed E-state index contributed by atoms with van der Waals surface area (Å²) in [5, 5.41) is 7.97. The molecular weight excluding hydrogens is 308 g/mol. The number of rotatable bonds is 4. The average Bonchev–Trinajstić information content (AvgIpc) is 3.32. The highest BCUT2D eigenvalue weighted by Gasteiger charge is 2.16. The Labute approximate surface area is 136 Å². The van der Waals surface area contributed by atoms with E-state index < -0.39 is 0 Å². The molecule has 0 aliphatic carbocycles. The van der Waals surface area contributed by atoms with Crippen molar-refractivity contribution in [2.24, 2.45) is 0 Å². The quantitative estimate of drug-likeness (QED) is 0.569. The number of ether oxygens (including phenoxy) is 1. The highest BCUT2D eigenvalue weighted by atomic mass is 16.5. The fraction of sp³-hybridized carbons (Fsp3) is 0.0588. The zero-order valence-corrected chi connectivity index (χ0v) is 12.7. The molecule has 24 heavy (non-hydrogen) atoms. The van der Waals surface area contributed by atoms with Crippen molar-refractivity contribution >= 4 is 0 Å². The summed E-state index contributed by atoms with van der Waals surface area (Å²) >= 11 is 0. The average molecular weight is 320 g/mol. The van der Waals surface area contributed by atoms with E-state index in [0.717, 1.165) is 16.9 Å². The molecule has 0 spiro atoms. The molecule has 0 saturated carbocycles. The van der Waals surface area contributed by atoms with Crippen LogP contribution in [0.5, 0.6) is 5.75 Å². The first-order valence-corrected chi connectivity index (χ1v) is 7.19. The number of methoxy groups -OCH3 is 1. The van der Waals surface area contributed by atoms with Crippen LogP contribution in [0.2, 0.25) is 0 Å². The molecule has 0 aliphatic rings. The molecular formula is C17H12N4O3. The van der Waals surface area contributed by atoms with Gasteiger partial charge in [-0.1, -0.05) is 10.3 Å². The molecule has 0 saturated heterocycles. The zero-order chi connectivity index (χ0) is 16.4. The van der Waals surface area contributed by atoms with Gasteiger partial charge in [-0.05, 0) is 36.4 Å². The zero-order valence-electron chi connectivity index (χ0n) is 12.7. The van der Waals surface area contributed by atoms with Crippen molar-refractivity contribution in [3.8, 4) is 40.0 Å². The van der Waals surface area contributed by atoms with E-state index in [1.165, 1.54) is 0 Å². The normalized spacial score (nSPS) is 10.7. The Kier molecular flexibility index (Phi) is 3.51. The summed E-state index contributed by atoms with van der Waals surface area (Å²) in [7, 11) is 1.62. The predicted octanol–water partition coefficient (Wildman–Crippen LogP) is 3.46. The van der Waals surface area contributed by atoms with Gasteiger partial charge in [0, 0.05) is 29.6 Å². The van der Waals surface area contributed by atoms with Crippen LogP contribution < -0.4 is 4.74 Å². The highest BCUT2D eigenvalue weighted by molar-refractivity contribution is 5.63. The van der Waals surface area contributed by atoms with Crippen LogP contribution in [0, 0.1) is 0 Å². The Morgan fingerprint density at radius 1 is 0.875 bits per heavy atom. The van der Waals surface area contributed by atoms with E-state index >= 15 is 0 Å². The first-order valence-electron chi connectivity index (χ1n) is 7.19. The van der Waals surface area contributed by atoms with Crippen LogP contribution in [0.4, 0.5) is 0 Å². The summed E-state index contributed by atoms with van der Waals surface area (Å²) in [5.74, 6) is 2.14. The van der Waals surface area contributed by atoms with Crippen LogP contribution in [0.1, 0.15) is 0 Å². The molecule has 118 valence electrons. The van der Waals surface area contributed by atoms with Gasteiger partial charge < -0.3 is 13.8 Å². The van der Waals surface area contributed by atoms with Gasteiger partial charge in [-0.3, -0.25) is 4.98 Å². The van der Waals surface area contributed by atoms with Crippen molar-refractivity contribution in [2.45, 2.75) is 0 Å². The number of pyridine rings is 1. The molecule has 3 aromatic heterocycles. The maximum atomic E-state index is 5.33. The van der Waals surface area contributed by atoms with Gasteiger partial charge >= 0.3 is 0 Å². The van der Waals surface area contributed by atoms with Crippen molar-refractivity contribution in [1.82, 2.24) is 20.3 Å². The summed E-state index contributed by atoms with van der Waals surface area (Å²) in [6.45, 7) is 0. The first-order chi connectivity index (χ1) is 11.8. The van der Waals surface area contributed by atoms with Gasteiger partial charge in [0.1, 0.15) is 5.75 Å². The predicted molar refractivity (Wildman–Crippen MR) is 85.0 cm³/mol. The van der Waals surface area contributed by atoms with E-state index in [1.54, 1.807) is 25.6 Å². The third kappa shape index (κ3) is 2.63. The summed E-state index contributed by atoms with van der Waals surface area (Å²) in [6, 6.07) is 12.8. The van der Waals surface area contributed by atoms with Crippen LogP contribution in [0.3, 0.4) is 0 Å². The maximum Gasteiger partial charge on any atom is 0.280 e. The summed E-state index contributed by atoms with van der Waals surface area (Å²) < 4.78 is 15.7. The van der Waals surface area contributed by atoms with Crippen LogP contribution >= 0.6 is 0 Å². The van der Waals surface area contributed by atoms with Gasteiger partial charge in [0.25, 0.3) is 5.89 Å². The van der Waals surface area contributed by atoms with Gasteiger partial charge in [0.15, 0.2) is 11.5 Å². The van der Waals surface area contributed by atoms with Crippen molar-refractivity contribution in [1.29, 1.82) is 0 Å². The molecule has 7 nitrogen and oxygen atoms in total. The molecule has 0 fully saturated rings. The fourth-order valence-corrected chi connectivity index (χ4v) is 2.21. The molecule has 0 amide bonds. The monoisotopic (exact) mass is 320 g/mol. The number of nitrogens with zero attached hydrogens (tertiary/aromatic N) is 4.